The third-order valence-electron chi connectivity index (χ3n) is 6.70. The average molecular weight is 623 g/mol. The molecule has 1 N–H and O–H groups in total. The summed E-state index contributed by atoms with van der Waals surface area (Å²) in [5.41, 5.74) is 2.77. The first kappa shape index (κ1) is 33.4. The van der Waals surface area contributed by atoms with Crippen molar-refractivity contribution in [3.63, 3.8) is 0 Å². The van der Waals surface area contributed by atoms with Crippen molar-refractivity contribution in [1.82, 2.24) is 5.32 Å². The van der Waals surface area contributed by atoms with Gasteiger partial charge in [-0.05, 0) is 35.6 Å². The van der Waals surface area contributed by atoms with Crippen LogP contribution in [0.2, 0.25) is 0 Å². The molecule has 1 amide bonds. The molecule has 0 saturated carbocycles. The first-order chi connectivity index (χ1) is 17.3. The highest BCUT2D eigenvalue weighted by molar-refractivity contribution is 5.94. The van der Waals surface area contributed by atoms with Crippen molar-refractivity contribution in [2.24, 2.45) is 0 Å². The number of unbranched alkanes of at least 4 members (excludes halogenated alkanes) is 9. The molecular weight excluding hydrogens is 571 g/mol. The van der Waals surface area contributed by atoms with Gasteiger partial charge in [-0.2, -0.15) is 0 Å². The summed E-state index contributed by atoms with van der Waals surface area (Å²) in [6.07, 6.45) is 18.4. The molecule has 0 radical (unpaired) electrons. The van der Waals surface area contributed by atoms with Gasteiger partial charge < -0.3 is 34.0 Å². The van der Waals surface area contributed by atoms with E-state index in [4.69, 9.17) is 4.74 Å². The molecule has 0 aliphatic heterocycles. The SMILES string of the molecule is CCCCCCCCCCCCOc1ccc(C(=O)NCc2cc[n+](CCC)cc2)cc1C(C)(C)C.[I-]. The summed E-state index contributed by atoms with van der Waals surface area (Å²) in [4.78, 5) is 12.9. The minimum atomic E-state index is -0.101. The van der Waals surface area contributed by atoms with E-state index in [1.54, 1.807) is 0 Å². The Kier molecular flexibility index (Phi) is 16.8. The predicted octanol–water partition coefficient (Wildman–Crippen LogP) is 4.92. The van der Waals surface area contributed by atoms with Gasteiger partial charge in [-0.15, -0.1) is 0 Å². The number of hydrogen-bond acceptors (Lipinski definition) is 2. The van der Waals surface area contributed by atoms with Gasteiger partial charge in [0.2, 0.25) is 0 Å². The van der Waals surface area contributed by atoms with Crippen molar-refractivity contribution >= 4 is 5.91 Å². The molecule has 0 aliphatic rings. The van der Waals surface area contributed by atoms with Crippen LogP contribution in [0.1, 0.15) is 127 Å². The molecule has 1 aromatic heterocycles. The zero-order valence-corrected chi connectivity index (χ0v) is 26.2. The second-order valence-corrected chi connectivity index (χ2v) is 11.1. The lowest BCUT2D eigenvalue weighted by molar-refractivity contribution is -0.697. The number of aromatic nitrogens is 1. The maximum Gasteiger partial charge on any atom is 0.251 e. The summed E-state index contributed by atoms with van der Waals surface area (Å²) in [6.45, 7) is 13.2. The van der Waals surface area contributed by atoms with Gasteiger partial charge in [-0.1, -0.05) is 92.4 Å². The van der Waals surface area contributed by atoms with E-state index in [0.29, 0.717) is 12.1 Å². The average Bonchev–Trinajstić information content (AvgIpc) is 2.86. The largest absolute Gasteiger partial charge is 1.00 e. The van der Waals surface area contributed by atoms with Crippen LogP contribution in [0.5, 0.6) is 5.75 Å². The number of nitrogens with one attached hydrogen (secondary N) is 1. The summed E-state index contributed by atoms with van der Waals surface area (Å²) < 4.78 is 8.36. The van der Waals surface area contributed by atoms with Crippen molar-refractivity contribution < 1.29 is 38.1 Å². The molecule has 37 heavy (non-hydrogen) atoms. The van der Waals surface area contributed by atoms with Crippen molar-refractivity contribution in [3.8, 4) is 5.75 Å². The van der Waals surface area contributed by atoms with Crippen LogP contribution in [0.15, 0.2) is 42.7 Å². The molecule has 0 aliphatic carbocycles. The van der Waals surface area contributed by atoms with Crippen molar-refractivity contribution in [2.75, 3.05) is 6.61 Å². The third kappa shape index (κ3) is 13.1. The minimum Gasteiger partial charge on any atom is -1.00 e. The Morgan fingerprint density at radius 2 is 1.43 bits per heavy atom. The van der Waals surface area contributed by atoms with E-state index in [0.717, 1.165) is 42.9 Å². The molecular formula is C32H51IN2O2. The van der Waals surface area contributed by atoms with Crippen LogP contribution >= 0.6 is 0 Å². The molecule has 0 spiro atoms. The number of halogens is 1. The maximum absolute atomic E-state index is 12.9. The second-order valence-electron chi connectivity index (χ2n) is 11.1. The van der Waals surface area contributed by atoms with Crippen LogP contribution < -0.4 is 38.6 Å². The van der Waals surface area contributed by atoms with Crippen LogP contribution in [0.4, 0.5) is 0 Å². The fourth-order valence-corrected chi connectivity index (χ4v) is 4.45. The third-order valence-corrected chi connectivity index (χ3v) is 6.70. The predicted molar refractivity (Wildman–Crippen MR) is 151 cm³/mol. The van der Waals surface area contributed by atoms with Gasteiger partial charge in [-0.25, -0.2) is 4.57 Å². The first-order valence-electron chi connectivity index (χ1n) is 14.4. The summed E-state index contributed by atoms with van der Waals surface area (Å²) in [7, 11) is 0. The highest BCUT2D eigenvalue weighted by Crippen LogP contribution is 2.32. The fourth-order valence-electron chi connectivity index (χ4n) is 4.45. The molecule has 1 heterocycles. The van der Waals surface area contributed by atoms with E-state index in [1.165, 1.54) is 57.8 Å². The number of rotatable bonds is 17. The number of aryl methyl sites for hydroxylation is 1. The van der Waals surface area contributed by atoms with E-state index < -0.39 is 0 Å². The molecule has 5 heteroatoms. The number of pyridine rings is 1. The van der Waals surface area contributed by atoms with Crippen LogP contribution in [0.25, 0.3) is 0 Å². The minimum absolute atomic E-state index is 0. The molecule has 208 valence electrons. The summed E-state index contributed by atoms with van der Waals surface area (Å²) in [6, 6.07) is 10.0. The molecule has 0 atom stereocenters. The van der Waals surface area contributed by atoms with Gasteiger partial charge in [-0.3, -0.25) is 4.79 Å². The Balaban J connectivity index is 0.00000684. The highest BCUT2D eigenvalue weighted by atomic mass is 127. The number of carbonyl (C=O) groups excluding carboxylic acids is 1. The zero-order chi connectivity index (χ0) is 26.2. The molecule has 1 aromatic carbocycles. The monoisotopic (exact) mass is 622 g/mol. The summed E-state index contributed by atoms with van der Waals surface area (Å²) >= 11 is 0. The number of amides is 1. The van der Waals surface area contributed by atoms with Crippen LogP contribution in [0.3, 0.4) is 0 Å². The molecule has 0 unspecified atom stereocenters. The smallest absolute Gasteiger partial charge is 0.251 e. The summed E-state index contributed by atoms with van der Waals surface area (Å²) in [5, 5.41) is 3.07. The molecule has 2 aromatic rings. The van der Waals surface area contributed by atoms with E-state index in [-0.39, 0.29) is 35.3 Å². The van der Waals surface area contributed by atoms with Crippen molar-refractivity contribution in [2.45, 2.75) is 124 Å². The molecule has 0 saturated heterocycles. The van der Waals surface area contributed by atoms with Gasteiger partial charge in [0.15, 0.2) is 12.4 Å². The fraction of sp³-hybridized carbons (Fsp3) is 0.625. The molecule has 4 nitrogen and oxygen atoms in total. The topological polar surface area (TPSA) is 42.2 Å². The maximum atomic E-state index is 12.9. The highest BCUT2D eigenvalue weighted by Gasteiger charge is 2.21. The van der Waals surface area contributed by atoms with Crippen molar-refractivity contribution in [1.29, 1.82) is 0 Å². The van der Waals surface area contributed by atoms with E-state index in [9.17, 15) is 4.79 Å². The lowest BCUT2D eigenvalue weighted by Crippen LogP contribution is -3.00. The Labute approximate surface area is 244 Å². The van der Waals surface area contributed by atoms with E-state index in [1.807, 2.05) is 18.2 Å². The van der Waals surface area contributed by atoms with Gasteiger partial charge in [0.05, 0.1) is 6.61 Å². The Morgan fingerprint density at radius 3 is 2.00 bits per heavy atom. The Hall–Kier alpha value is -1.63. The molecule has 2 rings (SSSR count). The number of hydrogen-bond donors (Lipinski definition) is 1. The first-order valence-corrected chi connectivity index (χ1v) is 14.4. The molecule has 0 fully saturated rings. The molecule has 0 bridgehead atoms. The lowest BCUT2D eigenvalue weighted by atomic mass is 9.85. The standard InChI is InChI=1S/C32H50N2O2.HI/c1-6-8-9-10-11-12-13-14-15-16-24-36-30-18-17-28(25-29(30)32(3,4)5)31(35)33-26-27-19-22-34(21-7-2)23-20-27;/h17-20,22-23,25H,6-16,21,24,26H2,1-5H3;1H. The Bertz CT molecular complexity index is 891. The van der Waals surface area contributed by atoms with Gasteiger partial charge in [0.25, 0.3) is 5.91 Å². The number of benzene rings is 1. The van der Waals surface area contributed by atoms with Crippen LogP contribution in [-0.4, -0.2) is 12.5 Å². The van der Waals surface area contributed by atoms with E-state index in [2.05, 4.69) is 69.0 Å². The number of ether oxygens (including phenoxy) is 1. The van der Waals surface area contributed by atoms with Crippen molar-refractivity contribution in [3.05, 3.63) is 59.4 Å². The normalized spacial score (nSPS) is 11.2. The van der Waals surface area contributed by atoms with Gasteiger partial charge in [0, 0.05) is 36.2 Å². The summed E-state index contributed by atoms with van der Waals surface area (Å²) in [5.74, 6) is 0.852. The van der Waals surface area contributed by atoms with E-state index >= 15 is 0 Å². The van der Waals surface area contributed by atoms with Crippen LogP contribution in [0, 0.1) is 0 Å². The van der Waals surface area contributed by atoms with Gasteiger partial charge in [0.1, 0.15) is 12.3 Å². The second kappa shape index (κ2) is 18.6. The number of nitrogens with zero attached hydrogens (tertiary/aromatic N) is 1. The lowest BCUT2D eigenvalue weighted by Gasteiger charge is -2.23. The number of carbonyl (C=O) groups is 1. The van der Waals surface area contributed by atoms with Gasteiger partial charge >= 0.3 is 0 Å². The quantitative estimate of drug-likeness (QED) is 0.155. The Morgan fingerprint density at radius 1 is 0.838 bits per heavy atom. The van der Waals surface area contributed by atoms with Crippen LogP contribution in [-0.2, 0) is 18.5 Å². The zero-order valence-electron chi connectivity index (χ0n) is 24.1.